The molecule has 0 fully saturated rings. The summed E-state index contributed by atoms with van der Waals surface area (Å²) in [6, 6.07) is 16.1. The molecule has 4 heteroatoms. The van der Waals surface area contributed by atoms with Crippen LogP contribution in [0.2, 0.25) is 5.02 Å². The fraction of sp³-hybridized carbons (Fsp3) is 0.368. The van der Waals surface area contributed by atoms with Crippen LogP contribution in [0.15, 0.2) is 48.5 Å². The Morgan fingerprint density at radius 3 is 2.30 bits per heavy atom. The van der Waals surface area contributed by atoms with Crippen molar-refractivity contribution in [3.8, 4) is 16.9 Å². The van der Waals surface area contributed by atoms with Crippen molar-refractivity contribution in [1.82, 2.24) is 5.32 Å². The SMILES string of the molecule is COCC(CNC(C)C)Oc1ccccc1-c1ccccc1Cl. The lowest BCUT2D eigenvalue weighted by atomic mass is 10.0. The molecule has 1 N–H and O–H groups in total. The van der Waals surface area contributed by atoms with E-state index in [4.69, 9.17) is 21.1 Å². The van der Waals surface area contributed by atoms with Crippen LogP contribution in [0.4, 0.5) is 0 Å². The van der Waals surface area contributed by atoms with Crippen LogP contribution in [0.3, 0.4) is 0 Å². The van der Waals surface area contributed by atoms with Crippen molar-refractivity contribution in [2.45, 2.75) is 26.0 Å². The normalized spacial score (nSPS) is 12.4. The number of rotatable bonds is 8. The van der Waals surface area contributed by atoms with E-state index in [1.807, 2.05) is 48.5 Å². The monoisotopic (exact) mass is 333 g/mol. The van der Waals surface area contributed by atoms with Gasteiger partial charge in [0.2, 0.25) is 0 Å². The molecule has 0 spiro atoms. The molecule has 2 aromatic carbocycles. The molecule has 0 saturated heterocycles. The molecule has 1 atom stereocenters. The molecule has 124 valence electrons. The fourth-order valence-electron chi connectivity index (χ4n) is 2.34. The molecule has 2 rings (SSSR count). The number of para-hydroxylation sites is 1. The van der Waals surface area contributed by atoms with Crippen molar-refractivity contribution in [3.05, 3.63) is 53.6 Å². The van der Waals surface area contributed by atoms with E-state index in [0.717, 1.165) is 23.4 Å². The van der Waals surface area contributed by atoms with Gasteiger partial charge < -0.3 is 14.8 Å². The maximum absolute atomic E-state index is 6.34. The molecule has 0 aliphatic heterocycles. The second-order valence-electron chi connectivity index (χ2n) is 5.73. The van der Waals surface area contributed by atoms with Crippen molar-refractivity contribution in [1.29, 1.82) is 0 Å². The first-order valence-corrected chi connectivity index (χ1v) is 8.22. The Bertz CT molecular complexity index is 616. The van der Waals surface area contributed by atoms with E-state index in [1.165, 1.54) is 0 Å². The minimum absolute atomic E-state index is 0.0639. The maximum atomic E-state index is 6.34. The molecular weight excluding hydrogens is 310 g/mol. The van der Waals surface area contributed by atoms with E-state index in [2.05, 4.69) is 19.2 Å². The van der Waals surface area contributed by atoms with Gasteiger partial charge in [0.1, 0.15) is 11.9 Å². The predicted octanol–water partition coefficient (Wildman–Crippen LogP) is 4.40. The Balaban J connectivity index is 2.23. The Morgan fingerprint density at radius 1 is 1.00 bits per heavy atom. The Kier molecular flexibility index (Phi) is 6.90. The van der Waals surface area contributed by atoms with Crippen LogP contribution in [0.1, 0.15) is 13.8 Å². The highest BCUT2D eigenvalue weighted by atomic mass is 35.5. The van der Waals surface area contributed by atoms with E-state index >= 15 is 0 Å². The van der Waals surface area contributed by atoms with Crippen molar-refractivity contribution in [3.63, 3.8) is 0 Å². The highest BCUT2D eigenvalue weighted by Crippen LogP contribution is 2.34. The van der Waals surface area contributed by atoms with Gasteiger partial charge in [0.05, 0.1) is 6.61 Å². The van der Waals surface area contributed by atoms with Gasteiger partial charge >= 0.3 is 0 Å². The molecule has 0 bridgehead atoms. The third-order valence-corrected chi connectivity index (χ3v) is 3.78. The number of methoxy groups -OCH3 is 1. The number of hydrogen-bond acceptors (Lipinski definition) is 3. The summed E-state index contributed by atoms with van der Waals surface area (Å²) in [6.45, 7) is 5.47. The summed E-state index contributed by atoms with van der Waals surface area (Å²) in [5, 5.41) is 4.11. The zero-order valence-corrected chi connectivity index (χ0v) is 14.6. The van der Waals surface area contributed by atoms with E-state index in [9.17, 15) is 0 Å². The number of nitrogens with one attached hydrogen (secondary N) is 1. The molecule has 0 saturated carbocycles. The minimum Gasteiger partial charge on any atom is -0.486 e. The number of ether oxygens (including phenoxy) is 2. The topological polar surface area (TPSA) is 30.5 Å². The van der Waals surface area contributed by atoms with Gasteiger partial charge in [-0.1, -0.05) is 61.8 Å². The molecular formula is C19H24ClNO2. The highest BCUT2D eigenvalue weighted by Gasteiger charge is 2.15. The van der Waals surface area contributed by atoms with Crippen LogP contribution < -0.4 is 10.1 Å². The summed E-state index contributed by atoms with van der Waals surface area (Å²) < 4.78 is 11.5. The second-order valence-corrected chi connectivity index (χ2v) is 6.14. The van der Waals surface area contributed by atoms with Crippen LogP contribution in [0, 0.1) is 0 Å². The van der Waals surface area contributed by atoms with Gasteiger partial charge in [0, 0.05) is 35.8 Å². The third kappa shape index (κ3) is 5.24. The van der Waals surface area contributed by atoms with E-state index in [0.29, 0.717) is 17.7 Å². The lowest BCUT2D eigenvalue weighted by molar-refractivity contribution is 0.0798. The smallest absolute Gasteiger partial charge is 0.134 e. The van der Waals surface area contributed by atoms with Crippen molar-refractivity contribution >= 4 is 11.6 Å². The van der Waals surface area contributed by atoms with Crippen LogP contribution in [0.5, 0.6) is 5.75 Å². The second kappa shape index (κ2) is 8.92. The van der Waals surface area contributed by atoms with Crippen LogP contribution in [0.25, 0.3) is 11.1 Å². The van der Waals surface area contributed by atoms with Crippen LogP contribution in [-0.4, -0.2) is 32.4 Å². The molecule has 23 heavy (non-hydrogen) atoms. The van der Waals surface area contributed by atoms with Gasteiger partial charge in [-0.2, -0.15) is 0 Å². The van der Waals surface area contributed by atoms with E-state index in [-0.39, 0.29) is 6.10 Å². The van der Waals surface area contributed by atoms with Crippen molar-refractivity contribution < 1.29 is 9.47 Å². The Hall–Kier alpha value is -1.55. The van der Waals surface area contributed by atoms with Gasteiger partial charge in [-0.05, 0) is 12.1 Å². The average molecular weight is 334 g/mol. The van der Waals surface area contributed by atoms with Crippen LogP contribution >= 0.6 is 11.6 Å². The molecule has 3 nitrogen and oxygen atoms in total. The number of benzene rings is 2. The summed E-state index contributed by atoms with van der Waals surface area (Å²) in [5.41, 5.74) is 1.96. The lowest BCUT2D eigenvalue weighted by Crippen LogP contribution is -2.38. The summed E-state index contributed by atoms with van der Waals surface area (Å²) in [6.07, 6.45) is -0.0639. The molecule has 0 amide bonds. The van der Waals surface area contributed by atoms with Gasteiger partial charge in [0.15, 0.2) is 0 Å². The Morgan fingerprint density at radius 2 is 1.65 bits per heavy atom. The zero-order valence-electron chi connectivity index (χ0n) is 13.9. The van der Waals surface area contributed by atoms with Gasteiger partial charge in [-0.15, -0.1) is 0 Å². The molecule has 0 aliphatic carbocycles. The summed E-state index contributed by atoms with van der Waals surface area (Å²) in [5.74, 6) is 0.813. The largest absolute Gasteiger partial charge is 0.486 e. The average Bonchev–Trinajstić information content (AvgIpc) is 2.54. The standard InChI is InChI=1S/C19H24ClNO2/c1-14(2)21-12-15(13-22-3)23-19-11-7-5-9-17(19)16-8-4-6-10-18(16)20/h4-11,14-15,21H,12-13H2,1-3H3. The van der Waals surface area contributed by atoms with Crippen LogP contribution in [-0.2, 0) is 4.74 Å². The minimum atomic E-state index is -0.0639. The quantitative estimate of drug-likeness (QED) is 0.776. The summed E-state index contributed by atoms with van der Waals surface area (Å²) in [4.78, 5) is 0. The molecule has 0 heterocycles. The molecule has 0 radical (unpaired) electrons. The molecule has 0 aliphatic rings. The van der Waals surface area contributed by atoms with Crippen molar-refractivity contribution in [2.75, 3.05) is 20.3 Å². The van der Waals surface area contributed by atoms with Gasteiger partial charge in [-0.25, -0.2) is 0 Å². The first kappa shape index (κ1) is 17.8. The molecule has 0 aromatic heterocycles. The predicted molar refractivity (Wildman–Crippen MR) is 96.3 cm³/mol. The fourth-order valence-corrected chi connectivity index (χ4v) is 2.58. The van der Waals surface area contributed by atoms with Gasteiger partial charge in [0.25, 0.3) is 0 Å². The highest BCUT2D eigenvalue weighted by molar-refractivity contribution is 6.33. The summed E-state index contributed by atoms with van der Waals surface area (Å²) >= 11 is 6.34. The van der Waals surface area contributed by atoms with E-state index in [1.54, 1.807) is 7.11 Å². The van der Waals surface area contributed by atoms with Gasteiger partial charge in [-0.3, -0.25) is 0 Å². The van der Waals surface area contributed by atoms with E-state index < -0.39 is 0 Å². The molecule has 2 aromatic rings. The Labute approximate surface area is 143 Å². The zero-order chi connectivity index (χ0) is 16.7. The van der Waals surface area contributed by atoms with Crippen molar-refractivity contribution in [2.24, 2.45) is 0 Å². The maximum Gasteiger partial charge on any atom is 0.134 e. The summed E-state index contributed by atoms with van der Waals surface area (Å²) in [7, 11) is 1.69. The number of halogens is 1. The number of hydrogen-bond donors (Lipinski definition) is 1. The first-order valence-electron chi connectivity index (χ1n) is 7.84. The molecule has 1 unspecified atom stereocenters. The third-order valence-electron chi connectivity index (χ3n) is 3.45. The first-order chi connectivity index (χ1) is 11.1. The lowest BCUT2D eigenvalue weighted by Gasteiger charge is -2.22.